The van der Waals surface area contributed by atoms with Gasteiger partial charge >= 0.3 is 6.09 Å². The molecular weight excluding hydrogens is 403 g/mol. The first-order valence-electron chi connectivity index (χ1n) is 10.3. The number of nitrogens with zero attached hydrogens (tertiary/aromatic N) is 1. The molecule has 2 amide bonds. The Labute approximate surface area is 179 Å². The second kappa shape index (κ2) is 9.03. The van der Waals surface area contributed by atoms with Crippen molar-refractivity contribution in [3.05, 3.63) is 71.0 Å². The number of carbonyl (C=O) groups is 2. The largest absolute Gasteiger partial charge is 0.465 e. The number of rotatable bonds is 4. The molecule has 0 saturated carbocycles. The highest BCUT2D eigenvalue weighted by atomic mass is 19.1. The number of carbonyl (C=O) groups excluding carboxylic acids is 1. The number of methoxy groups -OCH3 is 1. The Kier molecular flexibility index (Phi) is 6.20. The van der Waals surface area contributed by atoms with Crippen LogP contribution in [0.5, 0.6) is 0 Å². The summed E-state index contributed by atoms with van der Waals surface area (Å²) >= 11 is 0. The number of ether oxygens (including phenoxy) is 2. The van der Waals surface area contributed by atoms with Crippen LogP contribution in [-0.2, 0) is 20.7 Å². The monoisotopic (exact) mass is 428 g/mol. The summed E-state index contributed by atoms with van der Waals surface area (Å²) in [7, 11) is 1.48. The Morgan fingerprint density at radius 1 is 1.19 bits per heavy atom. The third kappa shape index (κ3) is 4.40. The van der Waals surface area contributed by atoms with Crippen LogP contribution in [0.1, 0.15) is 29.2 Å². The van der Waals surface area contributed by atoms with Gasteiger partial charge in [-0.15, -0.1) is 0 Å². The highest BCUT2D eigenvalue weighted by molar-refractivity contribution is 5.82. The van der Waals surface area contributed by atoms with E-state index in [-0.39, 0.29) is 30.8 Å². The van der Waals surface area contributed by atoms with E-state index in [4.69, 9.17) is 14.6 Å². The number of hydrogen-bond acceptors (Lipinski definition) is 4. The molecule has 8 heteroatoms. The summed E-state index contributed by atoms with van der Waals surface area (Å²) in [5.74, 6) is -0.551. The third-order valence-electron chi connectivity index (χ3n) is 6.02. The maximum atomic E-state index is 13.6. The van der Waals surface area contributed by atoms with Crippen LogP contribution in [0.25, 0.3) is 0 Å². The predicted molar refractivity (Wildman–Crippen MR) is 110 cm³/mol. The molecule has 2 aromatic carbocycles. The summed E-state index contributed by atoms with van der Waals surface area (Å²) in [6, 6.07) is 13.2. The first-order chi connectivity index (χ1) is 15.0. The lowest BCUT2D eigenvalue weighted by Crippen LogP contribution is -2.56. The minimum atomic E-state index is -1.17. The van der Waals surface area contributed by atoms with E-state index in [0.29, 0.717) is 13.0 Å². The Balaban J connectivity index is 1.63. The highest BCUT2D eigenvalue weighted by Gasteiger charge is 2.41. The molecule has 0 spiro atoms. The van der Waals surface area contributed by atoms with Gasteiger partial charge in [0.1, 0.15) is 18.0 Å². The van der Waals surface area contributed by atoms with Gasteiger partial charge < -0.3 is 24.8 Å². The van der Waals surface area contributed by atoms with E-state index in [1.807, 2.05) is 24.3 Å². The SMILES string of the molecule is CO[C@H]1CO[C@@H](C(=O)N2CCc3ccccc3[C@@H]2c2ccc(F)cc2)C[C@H]1NC(=O)O. The molecule has 0 radical (unpaired) electrons. The van der Waals surface area contributed by atoms with Crippen LogP contribution in [0, 0.1) is 5.82 Å². The molecule has 164 valence electrons. The van der Waals surface area contributed by atoms with E-state index in [2.05, 4.69) is 5.32 Å². The van der Waals surface area contributed by atoms with Gasteiger partial charge in [-0.25, -0.2) is 9.18 Å². The number of nitrogens with one attached hydrogen (secondary N) is 1. The van der Waals surface area contributed by atoms with Crippen LogP contribution in [0.2, 0.25) is 0 Å². The van der Waals surface area contributed by atoms with Crippen LogP contribution in [0.3, 0.4) is 0 Å². The van der Waals surface area contributed by atoms with Crippen molar-refractivity contribution in [3.8, 4) is 0 Å². The minimum Gasteiger partial charge on any atom is -0.465 e. The van der Waals surface area contributed by atoms with Crippen molar-refractivity contribution >= 4 is 12.0 Å². The molecule has 2 aliphatic rings. The van der Waals surface area contributed by atoms with Crippen LogP contribution >= 0.6 is 0 Å². The summed E-state index contributed by atoms with van der Waals surface area (Å²) in [5.41, 5.74) is 2.96. The van der Waals surface area contributed by atoms with Crippen molar-refractivity contribution < 1.29 is 28.6 Å². The number of carboxylic acid groups (broad SMARTS) is 1. The van der Waals surface area contributed by atoms with Gasteiger partial charge in [0, 0.05) is 20.1 Å². The summed E-state index contributed by atoms with van der Waals surface area (Å²) in [6.45, 7) is 0.603. The molecule has 1 saturated heterocycles. The van der Waals surface area contributed by atoms with Crippen molar-refractivity contribution in [2.75, 3.05) is 20.3 Å². The lowest BCUT2D eigenvalue weighted by molar-refractivity contribution is -0.157. The Bertz CT molecular complexity index is 951. The molecule has 1 fully saturated rings. The summed E-state index contributed by atoms with van der Waals surface area (Å²) < 4.78 is 24.7. The molecule has 2 aliphatic heterocycles. The zero-order valence-corrected chi connectivity index (χ0v) is 17.2. The van der Waals surface area contributed by atoms with Crippen molar-refractivity contribution in [3.63, 3.8) is 0 Å². The standard InChI is InChI=1S/C23H25FN2O5/c1-30-20-13-31-19(12-18(20)25-23(28)29)22(27)26-11-10-14-4-2-3-5-17(14)21(26)15-6-8-16(24)9-7-15/h2-9,18-21,25H,10-13H2,1H3,(H,28,29)/t18-,19-,20+,21+/m1/s1. The van der Waals surface area contributed by atoms with Crippen LogP contribution in [0.4, 0.5) is 9.18 Å². The molecule has 31 heavy (non-hydrogen) atoms. The third-order valence-corrected chi connectivity index (χ3v) is 6.02. The van der Waals surface area contributed by atoms with Crippen LogP contribution in [0.15, 0.2) is 48.5 Å². The first kappa shape index (κ1) is 21.3. The smallest absolute Gasteiger partial charge is 0.404 e. The minimum absolute atomic E-state index is 0.115. The molecule has 0 unspecified atom stereocenters. The van der Waals surface area contributed by atoms with Gasteiger partial charge in [0.25, 0.3) is 5.91 Å². The zero-order valence-electron chi connectivity index (χ0n) is 17.2. The van der Waals surface area contributed by atoms with Crippen molar-refractivity contribution in [2.45, 2.75) is 37.1 Å². The summed E-state index contributed by atoms with van der Waals surface area (Å²) in [4.78, 5) is 26.5. The highest BCUT2D eigenvalue weighted by Crippen LogP contribution is 2.36. The molecule has 0 aromatic heterocycles. The van der Waals surface area contributed by atoms with Crippen molar-refractivity contribution in [2.24, 2.45) is 0 Å². The molecule has 0 bridgehead atoms. The summed E-state index contributed by atoms with van der Waals surface area (Å²) in [6.07, 6.45) is -1.55. The molecular formula is C23H25FN2O5. The Morgan fingerprint density at radius 2 is 1.94 bits per heavy atom. The van der Waals surface area contributed by atoms with Crippen LogP contribution in [-0.4, -0.2) is 60.5 Å². The molecule has 2 aromatic rings. The fourth-order valence-corrected chi connectivity index (χ4v) is 4.49. The number of halogens is 1. The fraction of sp³-hybridized carbons (Fsp3) is 0.391. The van der Waals surface area contributed by atoms with Gasteiger partial charge in [-0.2, -0.15) is 0 Å². The maximum absolute atomic E-state index is 13.6. The van der Waals surface area contributed by atoms with Gasteiger partial charge in [0.05, 0.1) is 18.7 Å². The Morgan fingerprint density at radius 3 is 2.65 bits per heavy atom. The number of amides is 2. The van der Waals surface area contributed by atoms with Gasteiger partial charge in [-0.1, -0.05) is 36.4 Å². The molecule has 4 rings (SSSR count). The van der Waals surface area contributed by atoms with Gasteiger partial charge in [0.2, 0.25) is 0 Å². The summed E-state index contributed by atoms with van der Waals surface area (Å²) in [5, 5.41) is 11.6. The topological polar surface area (TPSA) is 88.1 Å². The second-order valence-electron chi connectivity index (χ2n) is 7.82. The van der Waals surface area contributed by atoms with E-state index >= 15 is 0 Å². The van der Waals surface area contributed by atoms with Crippen LogP contribution < -0.4 is 5.32 Å². The number of benzene rings is 2. The van der Waals surface area contributed by atoms with Gasteiger partial charge in [-0.05, 0) is 35.2 Å². The van der Waals surface area contributed by atoms with E-state index in [9.17, 15) is 14.0 Å². The first-order valence-corrected chi connectivity index (χ1v) is 10.3. The molecule has 7 nitrogen and oxygen atoms in total. The van der Waals surface area contributed by atoms with E-state index in [0.717, 1.165) is 16.7 Å². The molecule has 0 aliphatic carbocycles. The Hall–Kier alpha value is -2.97. The van der Waals surface area contributed by atoms with E-state index in [1.165, 1.54) is 19.2 Å². The van der Waals surface area contributed by atoms with Crippen molar-refractivity contribution in [1.82, 2.24) is 10.2 Å². The lowest BCUT2D eigenvalue weighted by Gasteiger charge is -2.42. The normalized spacial score (nSPS) is 25.5. The molecule has 2 N–H and O–H groups in total. The van der Waals surface area contributed by atoms with Gasteiger partial charge in [-0.3, -0.25) is 4.79 Å². The van der Waals surface area contributed by atoms with Crippen molar-refractivity contribution in [1.29, 1.82) is 0 Å². The molecule has 2 heterocycles. The number of hydrogen-bond donors (Lipinski definition) is 2. The predicted octanol–water partition coefficient (Wildman–Crippen LogP) is 2.74. The quantitative estimate of drug-likeness (QED) is 0.782. The zero-order chi connectivity index (χ0) is 22.0. The van der Waals surface area contributed by atoms with E-state index < -0.39 is 24.3 Å². The fourth-order valence-electron chi connectivity index (χ4n) is 4.49. The average molecular weight is 428 g/mol. The average Bonchev–Trinajstić information content (AvgIpc) is 2.78. The second-order valence-corrected chi connectivity index (χ2v) is 7.82. The maximum Gasteiger partial charge on any atom is 0.404 e. The lowest BCUT2D eigenvalue weighted by atomic mass is 9.87. The molecule has 4 atom stereocenters. The van der Waals surface area contributed by atoms with Gasteiger partial charge in [0.15, 0.2) is 0 Å². The number of fused-ring (bicyclic) bond motifs is 1. The van der Waals surface area contributed by atoms with E-state index in [1.54, 1.807) is 17.0 Å².